The average Bonchev–Trinajstić information content (AvgIpc) is 3.28. The first kappa shape index (κ1) is 28.3. The van der Waals surface area contributed by atoms with Gasteiger partial charge in [0, 0.05) is 19.3 Å². The Morgan fingerprint density at radius 3 is 2.38 bits per heavy atom. The summed E-state index contributed by atoms with van der Waals surface area (Å²) < 4.78 is 16.8. The van der Waals surface area contributed by atoms with Crippen molar-refractivity contribution in [1.29, 1.82) is 0 Å². The molecule has 9 heteroatoms. The highest BCUT2D eigenvalue weighted by atomic mass is 32.2. The van der Waals surface area contributed by atoms with Crippen LogP contribution in [0.15, 0.2) is 75.9 Å². The van der Waals surface area contributed by atoms with Gasteiger partial charge >= 0.3 is 5.97 Å². The minimum Gasteiger partial charge on any atom is -0.493 e. The predicted octanol–water partition coefficient (Wildman–Crippen LogP) is 5.67. The second kappa shape index (κ2) is 11.6. The van der Waals surface area contributed by atoms with Crippen molar-refractivity contribution in [3.05, 3.63) is 82.0 Å². The van der Waals surface area contributed by atoms with Crippen molar-refractivity contribution in [2.24, 2.45) is 4.99 Å². The van der Waals surface area contributed by atoms with Crippen LogP contribution in [0.4, 0.5) is 0 Å². The lowest BCUT2D eigenvalue weighted by atomic mass is 9.93. The molecule has 2 aliphatic rings. The number of carbonyl (C=O) groups is 2. The number of hydrogen-bond donors (Lipinski definition) is 0. The number of rotatable bonds is 8. The Morgan fingerprint density at radius 1 is 1.05 bits per heavy atom. The van der Waals surface area contributed by atoms with Crippen LogP contribution >= 0.6 is 11.8 Å². The van der Waals surface area contributed by atoms with E-state index in [0.29, 0.717) is 34.5 Å². The van der Waals surface area contributed by atoms with Gasteiger partial charge in [-0.25, -0.2) is 9.79 Å². The van der Waals surface area contributed by atoms with Crippen molar-refractivity contribution < 1.29 is 23.8 Å². The maximum Gasteiger partial charge on any atom is 0.338 e. The van der Waals surface area contributed by atoms with Gasteiger partial charge in [0.1, 0.15) is 5.60 Å². The molecule has 0 aliphatic carbocycles. The van der Waals surface area contributed by atoms with E-state index in [-0.39, 0.29) is 12.3 Å². The number of fused-ring (bicyclic) bond motifs is 1. The lowest BCUT2D eigenvalue weighted by molar-refractivity contribution is -0.150. The van der Waals surface area contributed by atoms with Gasteiger partial charge in [-0.3, -0.25) is 4.79 Å². The minimum absolute atomic E-state index is 0.0388. The molecule has 4 rings (SSSR count). The SMILES string of the molecule is COc1ccc([C@@H]2C(C(=O)OC(C)(C)C)=C(C)N=C3SC=C(CC(=O)N(C)Cc4ccccc4)N32)cc1OC. The van der Waals surface area contributed by atoms with Crippen LogP contribution < -0.4 is 9.47 Å². The number of esters is 1. The molecule has 206 valence electrons. The van der Waals surface area contributed by atoms with Crippen LogP contribution in [0.2, 0.25) is 0 Å². The topological polar surface area (TPSA) is 80.7 Å². The molecular weight excluding hydrogens is 514 g/mol. The third-order valence-corrected chi connectivity index (χ3v) is 7.25. The van der Waals surface area contributed by atoms with Crippen LogP contribution in [0.3, 0.4) is 0 Å². The Kier molecular flexibility index (Phi) is 8.39. The summed E-state index contributed by atoms with van der Waals surface area (Å²) in [4.78, 5) is 35.3. The lowest BCUT2D eigenvalue weighted by Gasteiger charge is -2.37. The fourth-order valence-electron chi connectivity index (χ4n) is 4.54. The lowest BCUT2D eigenvalue weighted by Crippen LogP contribution is -2.39. The molecule has 0 saturated heterocycles. The minimum atomic E-state index is -0.689. The van der Waals surface area contributed by atoms with Crippen LogP contribution in [-0.4, -0.2) is 53.7 Å². The number of amidine groups is 1. The number of benzene rings is 2. The van der Waals surface area contributed by atoms with E-state index < -0.39 is 17.6 Å². The monoisotopic (exact) mass is 549 g/mol. The zero-order valence-electron chi connectivity index (χ0n) is 23.5. The Labute approximate surface area is 234 Å². The number of ether oxygens (including phenoxy) is 3. The van der Waals surface area contributed by atoms with Crippen molar-refractivity contribution in [2.75, 3.05) is 21.3 Å². The first-order valence-electron chi connectivity index (χ1n) is 12.7. The first-order valence-corrected chi connectivity index (χ1v) is 13.6. The van der Waals surface area contributed by atoms with Crippen molar-refractivity contribution in [1.82, 2.24) is 9.80 Å². The molecule has 2 heterocycles. The molecule has 0 unspecified atom stereocenters. The molecule has 0 saturated carbocycles. The summed E-state index contributed by atoms with van der Waals surface area (Å²) >= 11 is 1.44. The number of methoxy groups -OCH3 is 2. The number of carbonyl (C=O) groups excluding carboxylic acids is 2. The Balaban J connectivity index is 1.71. The molecule has 2 aliphatic heterocycles. The normalized spacial score (nSPS) is 16.8. The Morgan fingerprint density at radius 2 is 1.74 bits per heavy atom. The highest BCUT2D eigenvalue weighted by molar-refractivity contribution is 8.16. The number of allylic oxidation sites excluding steroid dienone is 1. The molecule has 1 amide bonds. The zero-order chi connectivity index (χ0) is 28.3. The molecule has 1 atom stereocenters. The van der Waals surface area contributed by atoms with Crippen LogP contribution in [0.5, 0.6) is 11.5 Å². The van der Waals surface area contributed by atoms with Crippen molar-refractivity contribution >= 4 is 28.8 Å². The summed E-state index contributed by atoms with van der Waals surface area (Å²) in [5, 5.41) is 2.64. The standard InChI is InChI=1S/C30H35N3O5S/c1-19-26(28(35)38-30(2,3)4)27(21-13-14-23(36-6)24(15-21)37-7)33-22(18-39-29(33)31-19)16-25(34)32(5)17-20-11-9-8-10-12-20/h8-15,18,27H,16-17H2,1-7H3/t27-/m1/s1. The third kappa shape index (κ3) is 6.30. The van der Waals surface area contributed by atoms with Crippen LogP contribution in [0.25, 0.3) is 0 Å². The maximum absolute atomic E-state index is 13.6. The second-order valence-corrected chi connectivity index (χ2v) is 11.3. The fourth-order valence-corrected chi connectivity index (χ4v) is 5.50. The van der Waals surface area contributed by atoms with E-state index in [1.54, 1.807) is 26.2 Å². The maximum atomic E-state index is 13.6. The summed E-state index contributed by atoms with van der Waals surface area (Å²) in [6.45, 7) is 7.82. The van der Waals surface area contributed by atoms with Gasteiger partial charge in [-0.2, -0.15) is 0 Å². The van der Waals surface area contributed by atoms with Crippen LogP contribution in [0.1, 0.15) is 51.3 Å². The molecule has 0 fully saturated rings. The van der Waals surface area contributed by atoms with E-state index in [2.05, 4.69) is 0 Å². The molecule has 0 N–H and O–H groups in total. The zero-order valence-corrected chi connectivity index (χ0v) is 24.3. The van der Waals surface area contributed by atoms with Crippen molar-refractivity contribution in [3.63, 3.8) is 0 Å². The Hall–Kier alpha value is -3.72. The predicted molar refractivity (Wildman–Crippen MR) is 153 cm³/mol. The first-order chi connectivity index (χ1) is 18.5. The highest BCUT2D eigenvalue weighted by Crippen LogP contribution is 2.46. The largest absolute Gasteiger partial charge is 0.493 e. The van der Waals surface area contributed by atoms with Gasteiger partial charge in [-0.15, -0.1) is 0 Å². The molecule has 0 radical (unpaired) electrons. The van der Waals surface area contributed by atoms with Gasteiger partial charge in [0.25, 0.3) is 0 Å². The molecule has 0 bridgehead atoms. The molecule has 8 nitrogen and oxygen atoms in total. The second-order valence-electron chi connectivity index (χ2n) is 10.4. The van der Waals surface area contributed by atoms with Gasteiger partial charge < -0.3 is 24.0 Å². The smallest absolute Gasteiger partial charge is 0.338 e. The number of aliphatic imine (C=N–C) groups is 1. The number of nitrogens with zero attached hydrogens (tertiary/aromatic N) is 3. The highest BCUT2D eigenvalue weighted by Gasteiger charge is 2.42. The van der Waals surface area contributed by atoms with Crippen LogP contribution in [-0.2, 0) is 20.9 Å². The number of hydrogen-bond acceptors (Lipinski definition) is 8. The van der Waals surface area contributed by atoms with E-state index in [1.807, 2.05) is 86.5 Å². The molecule has 2 aromatic carbocycles. The van der Waals surface area contributed by atoms with E-state index in [9.17, 15) is 9.59 Å². The van der Waals surface area contributed by atoms with E-state index in [0.717, 1.165) is 16.8 Å². The van der Waals surface area contributed by atoms with E-state index >= 15 is 0 Å². The molecule has 2 aromatic rings. The van der Waals surface area contributed by atoms with Gasteiger partial charge in [0.2, 0.25) is 5.91 Å². The van der Waals surface area contributed by atoms with Gasteiger partial charge in [-0.05, 0) is 56.4 Å². The van der Waals surface area contributed by atoms with E-state index in [4.69, 9.17) is 19.2 Å². The summed E-state index contributed by atoms with van der Waals surface area (Å²) in [5.41, 5.74) is 2.91. The molecular formula is C30H35N3O5S. The quantitative estimate of drug-likeness (QED) is 0.393. The summed E-state index contributed by atoms with van der Waals surface area (Å²) in [6.07, 6.45) is 0.153. The molecule has 0 spiro atoms. The number of amides is 1. The van der Waals surface area contributed by atoms with Crippen molar-refractivity contribution in [3.8, 4) is 11.5 Å². The van der Waals surface area contributed by atoms with E-state index in [1.165, 1.54) is 11.8 Å². The average molecular weight is 550 g/mol. The van der Waals surface area contributed by atoms with Crippen molar-refractivity contribution in [2.45, 2.75) is 52.3 Å². The fraction of sp³-hybridized carbons (Fsp3) is 0.367. The summed E-state index contributed by atoms with van der Waals surface area (Å²) in [5.74, 6) is 0.625. The third-order valence-electron chi connectivity index (χ3n) is 6.36. The summed E-state index contributed by atoms with van der Waals surface area (Å²) in [6, 6.07) is 14.9. The van der Waals surface area contributed by atoms with Gasteiger partial charge in [-0.1, -0.05) is 48.2 Å². The number of thioether (sulfide) groups is 1. The van der Waals surface area contributed by atoms with Crippen LogP contribution in [0, 0.1) is 0 Å². The summed E-state index contributed by atoms with van der Waals surface area (Å²) in [7, 11) is 4.95. The molecule has 39 heavy (non-hydrogen) atoms. The van der Waals surface area contributed by atoms with Gasteiger partial charge in [0.15, 0.2) is 16.7 Å². The van der Waals surface area contributed by atoms with Gasteiger partial charge in [0.05, 0.1) is 38.0 Å². The Bertz CT molecular complexity index is 1340. The molecule has 0 aromatic heterocycles.